The molecule has 2 aliphatic heterocycles. The second kappa shape index (κ2) is 10.4. The number of H-pyrrole nitrogens is 1. The number of halogens is 2. The van der Waals surface area contributed by atoms with E-state index in [1.165, 1.54) is 5.06 Å². The normalized spacial score (nSPS) is 21.3. The highest BCUT2D eigenvalue weighted by molar-refractivity contribution is 6.34. The second-order valence-electron chi connectivity index (χ2n) is 10.3. The fourth-order valence-corrected chi connectivity index (χ4v) is 5.18. The van der Waals surface area contributed by atoms with Crippen LogP contribution in [-0.4, -0.2) is 34.4 Å². The fraction of sp³-hybridized carbons (Fsp3) is 0.462. The number of fused-ring (bicyclic) bond motifs is 3. The molecule has 2 aromatic rings. The van der Waals surface area contributed by atoms with E-state index in [9.17, 15) is 4.79 Å². The standard InChI is InChI=1S/C26H29Cl2N5O4/c1-26(2,3)36-25(34)37-33-9-8-16(27)11-21-24(33)20-14-30-32-22(23(20)31-21)15-4-6-18(7-5-15)35-19-10-17(28)12-29-13-19/h8,10-13,15,18,31H,4-7,9,14H2,1-3H3. The number of nitrogens with one attached hydrogen (secondary N) is 1. The number of allylic oxidation sites excluding steroid dienone is 1. The van der Waals surface area contributed by atoms with E-state index in [0.29, 0.717) is 22.3 Å². The Bertz CT molecular complexity index is 1370. The number of hydroxylamine groups is 1. The van der Waals surface area contributed by atoms with E-state index in [0.717, 1.165) is 53.3 Å². The molecule has 0 atom stereocenters. The lowest BCUT2D eigenvalue weighted by Crippen LogP contribution is -2.34. The molecule has 3 aliphatic rings. The molecular formula is C26H29Cl2N5O4. The van der Waals surface area contributed by atoms with Crippen LogP contribution in [0.5, 0.6) is 5.75 Å². The quantitative estimate of drug-likeness (QED) is 0.518. The van der Waals surface area contributed by atoms with Crippen LogP contribution in [0, 0.1) is 5.92 Å². The Morgan fingerprint density at radius 2 is 1.95 bits per heavy atom. The van der Waals surface area contributed by atoms with Gasteiger partial charge in [-0.25, -0.2) is 4.79 Å². The van der Waals surface area contributed by atoms with Gasteiger partial charge >= 0.3 is 6.16 Å². The van der Waals surface area contributed by atoms with Gasteiger partial charge in [-0.15, -0.1) is 0 Å². The number of hydrogen-bond acceptors (Lipinski definition) is 8. The lowest BCUT2D eigenvalue weighted by atomic mass is 9.84. The molecule has 196 valence electrons. The summed E-state index contributed by atoms with van der Waals surface area (Å²) in [6.45, 7) is 6.01. The lowest BCUT2D eigenvalue weighted by molar-refractivity contribution is -0.0116. The van der Waals surface area contributed by atoms with Crippen molar-refractivity contribution < 1.29 is 19.1 Å². The van der Waals surface area contributed by atoms with Gasteiger partial charge < -0.3 is 19.3 Å². The topological polar surface area (TPSA) is 101 Å². The summed E-state index contributed by atoms with van der Waals surface area (Å²) in [7, 11) is 0. The molecule has 0 amide bonds. The first-order chi connectivity index (χ1) is 17.7. The third-order valence-corrected chi connectivity index (χ3v) is 6.84. The minimum Gasteiger partial charge on any atom is -0.489 e. The van der Waals surface area contributed by atoms with Gasteiger partial charge in [0.25, 0.3) is 0 Å². The zero-order valence-corrected chi connectivity index (χ0v) is 22.5. The van der Waals surface area contributed by atoms with Crippen molar-refractivity contribution in [3.63, 3.8) is 0 Å². The number of carbonyl (C=O) groups is 1. The highest BCUT2D eigenvalue weighted by Crippen LogP contribution is 2.35. The molecule has 1 fully saturated rings. The predicted octanol–water partition coefficient (Wildman–Crippen LogP) is 5.36. The van der Waals surface area contributed by atoms with Crippen molar-refractivity contribution in [1.82, 2.24) is 9.97 Å². The van der Waals surface area contributed by atoms with E-state index >= 15 is 0 Å². The van der Waals surface area contributed by atoms with Gasteiger partial charge in [-0.1, -0.05) is 23.2 Å². The molecule has 1 saturated carbocycles. The lowest BCUT2D eigenvalue weighted by Gasteiger charge is -2.29. The van der Waals surface area contributed by atoms with Crippen molar-refractivity contribution in [2.75, 3.05) is 11.6 Å². The number of ether oxygens (including phenoxy) is 2. The van der Waals surface area contributed by atoms with E-state index < -0.39 is 11.8 Å². The summed E-state index contributed by atoms with van der Waals surface area (Å²) < 4.78 is 11.5. The molecule has 11 heteroatoms. The monoisotopic (exact) mass is 545 g/mol. The smallest absolute Gasteiger partial charge is 0.489 e. The zero-order chi connectivity index (χ0) is 26.2. The van der Waals surface area contributed by atoms with Crippen LogP contribution in [-0.2, 0) is 16.1 Å². The molecule has 0 saturated heterocycles. The van der Waals surface area contributed by atoms with Crippen LogP contribution in [0.15, 0.2) is 39.8 Å². The maximum absolute atomic E-state index is 12.5. The molecular weight excluding hydrogens is 517 g/mol. The van der Waals surface area contributed by atoms with Crippen LogP contribution in [0.25, 0.3) is 11.8 Å². The van der Waals surface area contributed by atoms with Crippen LogP contribution in [0.1, 0.15) is 52.0 Å². The first kappa shape index (κ1) is 25.6. The van der Waals surface area contributed by atoms with Crippen molar-refractivity contribution in [2.45, 2.75) is 64.7 Å². The largest absolute Gasteiger partial charge is 0.533 e. The summed E-state index contributed by atoms with van der Waals surface area (Å²) in [5, 5.41) is 13.2. The van der Waals surface area contributed by atoms with Crippen molar-refractivity contribution >= 4 is 46.8 Å². The van der Waals surface area contributed by atoms with Gasteiger partial charge in [0.1, 0.15) is 17.0 Å². The van der Waals surface area contributed by atoms with E-state index in [2.05, 4.69) is 20.2 Å². The number of aromatic nitrogens is 2. The molecule has 1 N–H and O–H groups in total. The zero-order valence-electron chi connectivity index (χ0n) is 21.0. The summed E-state index contributed by atoms with van der Waals surface area (Å²) >= 11 is 12.4. The number of azo groups is 1. The molecule has 1 aliphatic carbocycles. The minimum absolute atomic E-state index is 0.0903. The predicted molar refractivity (Wildman–Crippen MR) is 141 cm³/mol. The number of aromatic amines is 1. The molecule has 9 nitrogen and oxygen atoms in total. The number of pyridine rings is 1. The number of rotatable bonds is 4. The third-order valence-electron chi connectivity index (χ3n) is 6.37. The van der Waals surface area contributed by atoms with Crippen molar-refractivity contribution in [3.8, 4) is 5.75 Å². The Labute approximate surface area is 224 Å². The molecule has 0 aromatic carbocycles. The third kappa shape index (κ3) is 5.93. The summed E-state index contributed by atoms with van der Waals surface area (Å²) in [6, 6.07) is 1.78. The molecule has 0 radical (unpaired) electrons. The van der Waals surface area contributed by atoms with E-state index in [1.54, 1.807) is 45.3 Å². The van der Waals surface area contributed by atoms with Gasteiger partial charge in [0.15, 0.2) is 0 Å². The van der Waals surface area contributed by atoms with Crippen LogP contribution < -0.4 is 20.5 Å². The molecule has 0 unspecified atom stereocenters. The second-order valence-corrected chi connectivity index (χ2v) is 11.2. The number of carbonyl (C=O) groups excluding carboxylic acids is 1. The summed E-state index contributed by atoms with van der Waals surface area (Å²) in [5.74, 6) is 0.899. The molecule has 0 spiro atoms. The average molecular weight is 546 g/mol. The maximum atomic E-state index is 12.5. The van der Waals surface area contributed by atoms with E-state index in [1.807, 2.05) is 6.08 Å². The van der Waals surface area contributed by atoms with Crippen molar-refractivity contribution in [1.29, 1.82) is 0 Å². The summed E-state index contributed by atoms with van der Waals surface area (Å²) in [5.41, 5.74) is 1.87. The fourth-order valence-electron chi connectivity index (χ4n) is 4.83. The van der Waals surface area contributed by atoms with E-state index in [4.69, 9.17) is 37.5 Å². The van der Waals surface area contributed by atoms with Crippen molar-refractivity contribution in [3.05, 3.63) is 50.9 Å². The number of nitrogens with zero attached hydrogens (tertiary/aromatic N) is 4. The highest BCUT2D eigenvalue weighted by Gasteiger charge is 2.31. The average Bonchev–Trinajstić information content (AvgIpc) is 3.11. The summed E-state index contributed by atoms with van der Waals surface area (Å²) in [6.07, 6.45) is 9.74. The number of anilines is 1. The molecule has 37 heavy (non-hydrogen) atoms. The van der Waals surface area contributed by atoms with Crippen molar-refractivity contribution in [2.24, 2.45) is 16.1 Å². The van der Waals surface area contributed by atoms with Crippen LogP contribution in [0.3, 0.4) is 0 Å². The van der Waals surface area contributed by atoms with Crippen LogP contribution >= 0.6 is 23.2 Å². The van der Waals surface area contributed by atoms with Gasteiger partial charge in [-0.2, -0.15) is 15.3 Å². The number of hydrogen-bond donors (Lipinski definition) is 1. The minimum atomic E-state index is -0.783. The first-order valence-electron chi connectivity index (χ1n) is 12.3. The van der Waals surface area contributed by atoms with Gasteiger partial charge in [-0.3, -0.25) is 4.98 Å². The highest BCUT2D eigenvalue weighted by atomic mass is 35.5. The molecule has 4 heterocycles. The SMILES string of the molecule is CC(C)(C)OC(=O)ON1CC=C(Cl)C=c2[nH]c3c(c21)CN=NC=3C1CCC(Oc2cncc(Cl)c2)CC1. The van der Waals surface area contributed by atoms with Gasteiger partial charge in [0.05, 0.1) is 46.8 Å². The maximum Gasteiger partial charge on any atom is 0.533 e. The van der Waals surface area contributed by atoms with Crippen LogP contribution in [0.4, 0.5) is 10.5 Å². The Balaban J connectivity index is 1.40. The Morgan fingerprint density at radius 3 is 2.68 bits per heavy atom. The first-order valence-corrected chi connectivity index (χ1v) is 13.1. The molecule has 5 rings (SSSR count). The Hall–Kier alpha value is -3.04. The van der Waals surface area contributed by atoms with Gasteiger partial charge in [0, 0.05) is 28.8 Å². The van der Waals surface area contributed by atoms with Gasteiger partial charge in [-0.05, 0) is 58.6 Å². The van der Waals surface area contributed by atoms with Crippen LogP contribution in [0.2, 0.25) is 5.02 Å². The molecule has 0 bridgehead atoms. The van der Waals surface area contributed by atoms with Gasteiger partial charge in [0.2, 0.25) is 0 Å². The van der Waals surface area contributed by atoms with E-state index in [-0.39, 0.29) is 18.6 Å². The Morgan fingerprint density at radius 1 is 1.16 bits per heavy atom. The summed E-state index contributed by atoms with van der Waals surface area (Å²) in [4.78, 5) is 25.7. The Kier molecular flexibility index (Phi) is 7.18. The molecule has 2 aromatic heterocycles.